The van der Waals surface area contributed by atoms with Crippen LogP contribution in [0, 0.1) is 0 Å². The quantitative estimate of drug-likeness (QED) is 0.867. The molecule has 1 aromatic rings. The monoisotopic (exact) mass is 291 g/mol. The van der Waals surface area contributed by atoms with E-state index in [0.717, 1.165) is 19.6 Å². The molecule has 6 heteroatoms. The van der Waals surface area contributed by atoms with E-state index in [4.69, 9.17) is 5.11 Å². The fourth-order valence-corrected chi connectivity index (χ4v) is 2.29. The zero-order valence-corrected chi connectivity index (χ0v) is 12.2. The first-order valence-electron chi connectivity index (χ1n) is 7.11. The van der Waals surface area contributed by atoms with Crippen molar-refractivity contribution in [1.29, 1.82) is 0 Å². The lowest BCUT2D eigenvalue weighted by molar-refractivity contribution is -0.138. The highest BCUT2D eigenvalue weighted by Crippen LogP contribution is 2.08. The number of carboxylic acid groups (broad SMARTS) is 1. The number of hydrogen-bond acceptors (Lipinski definition) is 3. The van der Waals surface area contributed by atoms with Gasteiger partial charge in [-0.15, -0.1) is 0 Å². The van der Waals surface area contributed by atoms with Crippen LogP contribution in [0.5, 0.6) is 0 Å². The van der Waals surface area contributed by atoms with Crippen molar-refractivity contribution in [2.45, 2.75) is 19.5 Å². The van der Waals surface area contributed by atoms with E-state index in [1.807, 2.05) is 18.2 Å². The highest BCUT2D eigenvalue weighted by molar-refractivity contribution is 5.82. The second-order valence-corrected chi connectivity index (χ2v) is 5.26. The maximum Gasteiger partial charge on any atom is 0.325 e. The van der Waals surface area contributed by atoms with Crippen LogP contribution in [0.25, 0.3) is 0 Å². The van der Waals surface area contributed by atoms with Crippen molar-refractivity contribution < 1.29 is 14.7 Å². The number of nitrogens with one attached hydrogen (secondary N) is 1. The lowest BCUT2D eigenvalue weighted by Crippen LogP contribution is -2.53. The van der Waals surface area contributed by atoms with Crippen molar-refractivity contribution in [2.24, 2.45) is 0 Å². The number of carbonyl (C=O) groups is 2. The second kappa shape index (κ2) is 7.08. The zero-order chi connectivity index (χ0) is 15.2. The summed E-state index contributed by atoms with van der Waals surface area (Å²) in [4.78, 5) is 26.6. The van der Waals surface area contributed by atoms with Gasteiger partial charge in [0.25, 0.3) is 0 Å². The molecule has 2 rings (SSSR count). The molecule has 0 aromatic heterocycles. The highest BCUT2D eigenvalue weighted by Gasteiger charge is 2.23. The Kier molecular flexibility index (Phi) is 5.16. The summed E-state index contributed by atoms with van der Waals surface area (Å²) in [6.45, 7) is 5.16. The third-order valence-electron chi connectivity index (χ3n) is 3.62. The Morgan fingerprint density at radius 2 is 1.81 bits per heavy atom. The van der Waals surface area contributed by atoms with E-state index in [1.165, 1.54) is 12.5 Å². The van der Waals surface area contributed by atoms with Crippen LogP contribution in [-0.2, 0) is 11.3 Å². The minimum atomic E-state index is -1.02. The summed E-state index contributed by atoms with van der Waals surface area (Å²) in [6, 6.07) is 9.05. The topological polar surface area (TPSA) is 72.9 Å². The van der Waals surface area contributed by atoms with Crippen LogP contribution in [0.1, 0.15) is 12.5 Å². The molecule has 114 valence electrons. The van der Waals surface area contributed by atoms with Crippen molar-refractivity contribution in [2.75, 3.05) is 26.2 Å². The number of amides is 2. The van der Waals surface area contributed by atoms with Crippen molar-refractivity contribution in [3.8, 4) is 0 Å². The van der Waals surface area contributed by atoms with Gasteiger partial charge in [0.1, 0.15) is 6.04 Å². The number of carboxylic acids is 1. The number of aliphatic carboxylic acids is 1. The molecule has 0 spiro atoms. The van der Waals surface area contributed by atoms with Gasteiger partial charge in [0.15, 0.2) is 0 Å². The molecule has 1 heterocycles. The maximum absolute atomic E-state index is 11.9. The molecular formula is C15H21N3O3. The van der Waals surface area contributed by atoms with Gasteiger partial charge in [-0.3, -0.25) is 9.69 Å². The molecule has 2 amide bonds. The van der Waals surface area contributed by atoms with Crippen LogP contribution in [0.15, 0.2) is 30.3 Å². The lowest BCUT2D eigenvalue weighted by atomic mass is 10.2. The van der Waals surface area contributed by atoms with E-state index in [1.54, 1.807) is 4.90 Å². The van der Waals surface area contributed by atoms with Crippen LogP contribution in [-0.4, -0.2) is 59.1 Å². The predicted molar refractivity (Wildman–Crippen MR) is 78.9 cm³/mol. The van der Waals surface area contributed by atoms with Crippen molar-refractivity contribution in [3.63, 3.8) is 0 Å². The minimum Gasteiger partial charge on any atom is -0.480 e. The van der Waals surface area contributed by atoms with Gasteiger partial charge >= 0.3 is 12.0 Å². The Morgan fingerprint density at radius 1 is 1.19 bits per heavy atom. The Hall–Kier alpha value is -2.08. The minimum absolute atomic E-state index is 0.302. The Labute approximate surface area is 124 Å². The molecule has 0 radical (unpaired) electrons. The Bertz CT molecular complexity index is 484. The molecule has 1 fully saturated rings. The third-order valence-corrected chi connectivity index (χ3v) is 3.62. The molecule has 1 atom stereocenters. The molecule has 1 aliphatic heterocycles. The summed E-state index contributed by atoms with van der Waals surface area (Å²) in [6.07, 6.45) is 0. The normalized spacial score (nSPS) is 17.3. The highest BCUT2D eigenvalue weighted by atomic mass is 16.4. The average molecular weight is 291 g/mol. The van der Waals surface area contributed by atoms with Gasteiger partial charge in [-0.1, -0.05) is 30.3 Å². The average Bonchev–Trinajstić information content (AvgIpc) is 2.48. The van der Waals surface area contributed by atoms with Crippen molar-refractivity contribution >= 4 is 12.0 Å². The van der Waals surface area contributed by atoms with Gasteiger partial charge < -0.3 is 15.3 Å². The van der Waals surface area contributed by atoms with E-state index in [-0.39, 0.29) is 6.03 Å². The fourth-order valence-electron chi connectivity index (χ4n) is 2.29. The number of hydrogen-bond donors (Lipinski definition) is 2. The largest absolute Gasteiger partial charge is 0.480 e. The summed E-state index contributed by atoms with van der Waals surface area (Å²) in [5.41, 5.74) is 1.26. The molecule has 1 aliphatic rings. The standard InChI is InChI=1S/C15H21N3O3/c1-12(14(19)20)16-15(21)18-9-7-17(8-10-18)11-13-5-3-2-4-6-13/h2-6,12H,7-11H2,1H3,(H,16,21)(H,19,20)/t12-/m1/s1. The zero-order valence-electron chi connectivity index (χ0n) is 12.2. The number of carbonyl (C=O) groups excluding carboxylic acids is 1. The number of benzene rings is 1. The third kappa shape index (κ3) is 4.46. The number of piperazine rings is 1. The van der Waals surface area contributed by atoms with Crippen LogP contribution < -0.4 is 5.32 Å². The molecule has 0 saturated carbocycles. The van der Waals surface area contributed by atoms with Crippen LogP contribution in [0.4, 0.5) is 4.79 Å². The summed E-state index contributed by atoms with van der Waals surface area (Å²) in [7, 11) is 0. The Balaban J connectivity index is 1.78. The molecule has 2 N–H and O–H groups in total. The van der Waals surface area contributed by atoms with E-state index >= 15 is 0 Å². The van der Waals surface area contributed by atoms with E-state index in [0.29, 0.717) is 13.1 Å². The summed E-state index contributed by atoms with van der Waals surface area (Å²) < 4.78 is 0. The molecule has 0 bridgehead atoms. The molecule has 6 nitrogen and oxygen atoms in total. The van der Waals surface area contributed by atoms with Gasteiger partial charge in [0.05, 0.1) is 0 Å². The molecule has 1 aromatic carbocycles. The van der Waals surface area contributed by atoms with E-state index < -0.39 is 12.0 Å². The van der Waals surface area contributed by atoms with Crippen LogP contribution in [0.2, 0.25) is 0 Å². The van der Waals surface area contributed by atoms with Crippen LogP contribution in [0.3, 0.4) is 0 Å². The second-order valence-electron chi connectivity index (χ2n) is 5.26. The van der Waals surface area contributed by atoms with Gasteiger partial charge in [0.2, 0.25) is 0 Å². The molecule has 0 aliphatic carbocycles. The summed E-state index contributed by atoms with van der Waals surface area (Å²) in [5, 5.41) is 11.3. The molecular weight excluding hydrogens is 270 g/mol. The molecule has 0 unspecified atom stereocenters. The maximum atomic E-state index is 11.9. The van der Waals surface area contributed by atoms with Crippen LogP contribution >= 0.6 is 0 Å². The Morgan fingerprint density at radius 3 is 2.38 bits per heavy atom. The van der Waals surface area contributed by atoms with E-state index in [9.17, 15) is 9.59 Å². The van der Waals surface area contributed by atoms with E-state index in [2.05, 4.69) is 22.3 Å². The number of nitrogens with zero attached hydrogens (tertiary/aromatic N) is 2. The number of urea groups is 1. The first-order valence-corrected chi connectivity index (χ1v) is 7.11. The summed E-state index contributed by atoms with van der Waals surface area (Å²) in [5.74, 6) is -1.02. The molecule has 21 heavy (non-hydrogen) atoms. The first kappa shape index (κ1) is 15.3. The SMILES string of the molecule is C[C@@H](NC(=O)N1CCN(Cc2ccccc2)CC1)C(=O)O. The smallest absolute Gasteiger partial charge is 0.325 e. The lowest BCUT2D eigenvalue weighted by Gasteiger charge is -2.35. The van der Waals surface area contributed by atoms with Crippen molar-refractivity contribution in [1.82, 2.24) is 15.1 Å². The van der Waals surface area contributed by atoms with Gasteiger partial charge in [-0.2, -0.15) is 0 Å². The fraction of sp³-hybridized carbons (Fsp3) is 0.467. The number of rotatable bonds is 4. The molecule has 1 saturated heterocycles. The van der Waals surface area contributed by atoms with Gasteiger partial charge in [-0.25, -0.2) is 4.79 Å². The van der Waals surface area contributed by atoms with Gasteiger partial charge in [0, 0.05) is 32.7 Å². The van der Waals surface area contributed by atoms with Gasteiger partial charge in [-0.05, 0) is 12.5 Å². The summed E-state index contributed by atoms with van der Waals surface area (Å²) >= 11 is 0. The van der Waals surface area contributed by atoms with Crippen molar-refractivity contribution in [3.05, 3.63) is 35.9 Å². The predicted octanol–water partition coefficient (Wildman–Crippen LogP) is 0.987. The first-order chi connectivity index (χ1) is 10.1.